The standard InChI is InChI=1S/C8H15N3O2/c1-6-10-7(12)2-4-9-5-3-8(13)11-6/h6,9H,2-5H2,1H3,(H,10,12)(H,11,13). The number of hydrogen-bond acceptors (Lipinski definition) is 3. The predicted molar refractivity (Wildman–Crippen MR) is 47.9 cm³/mol. The van der Waals surface area contributed by atoms with Crippen LogP contribution in [0, 0.1) is 0 Å². The molecule has 0 unspecified atom stereocenters. The van der Waals surface area contributed by atoms with Crippen molar-refractivity contribution < 1.29 is 9.59 Å². The third kappa shape index (κ3) is 3.89. The maximum atomic E-state index is 11.1. The van der Waals surface area contributed by atoms with Crippen LogP contribution in [0.15, 0.2) is 0 Å². The number of nitrogens with one attached hydrogen (secondary N) is 3. The first kappa shape index (κ1) is 9.98. The molecule has 1 fully saturated rings. The number of hydrogen-bond donors (Lipinski definition) is 3. The van der Waals surface area contributed by atoms with Gasteiger partial charge in [-0.3, -0.25) is 9.59 Å². The minimum Gasteiger partial charge on any atom is -0.336 e. The van der Waals surface area contributed by atoms with E-state index in [0.717, 1.165) is 0 Å². The Balaban J connectivity index is 2.44. The van der Waals surface area contributed by atoms with E-state index in [1.165, 1.54) is 0 Å². The summed E-state index contributed by atoms with van der Waals surface area (Å²) >= 11 is 0. The summed E-state index contributed by atoms with van der Waals surface area (Å²) < 4.78 is 0. The van der Waals surface area contributed by atoms with Gasteiger partial charge in [0.1, 0.15) is 0 Å². The van der Waals surface area contributed by atoms with Gasteiger partial charge in [0, 0.05) is 25.9 Å². The van der Waals surface area contributed by atoms with E-state index in [4.69, 9.17) is 0 Å². The molecule has 1 aliphatic rings. The highest BCUT2D eigenvalue weighted by Crippen LogP contribution is 1.87. The number of rotatable bonds is 0. The second kappa shape index (κ2) is 4.81. The first-order valence-electron chi connectivity index (χ1n) is 4.48. The van der Waals surface area contributed by atoms with E-state index in [1.807, 2.05) is 0 Å². The maximum absolute atomic E-state index is 11.1. The molecule has 74 valence electrons. The Kier molecular flexibility index (Phi) is 3.70. The fourth-order valence-electron chi connectivity index (χ4n) is 1.19. The maximum Gasteiger partial charge on any atom is 0.222 e. The van der Waals surface area contributed by atoms with Crippen molar-refractivity contribution in [1.82, 2.24) is 16.0 Å². The number of carbonyl (C=O) groups is 2. The minimum atomic E-state index is -0.266. The van der Waals surface area contributed by atoms with Crippen LogP contribution in [0.1, 0.15) is 19.8 Å². The van der Waals surface area contributed by atoms with Gasteiger partial charge in [-0.2, -0.15) is 0 Å². The van der Waals surface area contributed by atoms with Crippen LogP contribution in [0.5, 0.6) is 0 Å². The summed E-state index contributed by atoms with van der Waals surface area (Å²) in [6.45, 7) is 3.02. The highest BCUT2D eigenvalue weighted by atomic mass is 16.2. The van der Waals surface area contributed by atoms with Crippen LogP contribution < -0.4 is 16.0 Å². The zero-order valence-corrected chi connectivity index (χ0v) is 7.72. The van der Waals surface area contributed by atoms with Crippen molar-refractivity contribution in [3.05, 3.63) is 0 Å². The van der Waals surface area contributed by atoms with Gasteiger partial charge >= 0.3 is 0 Å². The number of carbonyl (C=O) groups excluding carboxylic acids is 2. The Bertz CT molecular complexity index is 186. The smallest absolute Gasteiger partial charge is 0.222 e. The Morgan fingerprint density at radius 2 is 1.54 bits per heavy atom. The van der Waals surface area contributed by atoms with Crippen molar-refractivity contribution in [3.8, 4) is 0 Å². The molecular weight excluding hydrogens is 170 g/mol. The molecule has 0 aromatic heterocycles. The molecule has 0 spiro atoms. The van der Waals surface area contributed by atoms with Crippen LogP contribution >= 0.6 is 0 Å². The van der Waals surface area contributed by atoms with Crippen molar-refractivity contribution in [2.45, 2.75) is 25.9 Å². The molecule has 0 aromatic rings. The second-order valence-corrected chi connectivity index (χ2v) is 3.11. The van der Waals surface area contributed by atoms with Crippen LogP contribution in [0.25, 0.3) is 0 Å². The summed E-state index contributed by atoms with van der Waals surface area (Å²) in [7, 11) is 0. The Labute approximate surface area is 77.3 Å². The first-order chi connectivity index (χ1) is 6.18. The highest BCUT2D eigenvalue weighted by molar-refractivity contribution is 5.79. The molecule has 2 amide bonds. The zero-order valence-electron chi connectivity index (χ0n) is 7.72. The summed E-state index contributed by atoms with van der Waals surface area (Å²) in [4.78, 5) is 22.2. The van der Waals surface area contributed by atoms with Gasteiger partial charge in [-0.25, -0.2) is 0 Å². The quantitative estimate of drug-likeness (QED) is 0.451. The highest BCUT2D eigenvalue weighted by Gasteiger charge is 2.11. The van der Waals surface area contributed by atoms with Gasteiger partial charge in [0.2, 0.25) is 11.8 Å². The molecule has 0 aromatic carbocycles. The van der Waals surface area contributed by atoms with E-state index < -0.39 is 0 Å². The molecule has 1 aliphatic heterocycles. The fraction of sp³-hybridized carbons (Fsp3) is 0.750. The van der Waals surface area contributed by atoms with Crippen molar-refractivity contribution in [2.75, 3.05) is 13.1 Å². The van der Waals surface area contributed by atoms with E-state index in [2.05, 4.69) is 16.0 Å². The molecule has 0 saturated carbocycles. The van der Waals surface area contributed by atoms with Gasteiger partial charge in [0.15, 0.2) is 0 Å². The van der Waals surface area contributed by atoms with Gasteiger partial charge in [-0.1, -0.05) is 0 Å². The topological polar surface area (TPSA) is 70.2 Å². The summed E-state index contributed by atoms with van der Waals surface area (Å²) in [6, 6.07) is 0. The first-order valence-corrected chi connectivity index (χ1v) is 4.48. The lowest BCUT2D eigenvalue weighted by atomic mass is 10.3. The molecular formula is C8H15N3O2. The van der Waals surface area contributed by atoms with Gasteiger partial charge in [0.05, 0.1) is 6.17 Å². The Morgan fingerprint density at radius 1 is 1.08 bits per heavy atom. The van der Waals surface area contributed by atoms with Crippen molar-refractivity contribution in [1.29, 1.82) is 0 Å². The van der Waals surface area contributed by atoms with Crippen LogP contribution in [0.2, 0.25) is 0 Å². The van der Waals surface area contributed by atoms with Gasteiger partial charge in [-0.05, 0) is 6.92 Å². The summed E-state index contributed by atoms with van der Waals surface area (Å²) in [5.41, 5.74) is 0. The molecule has 1 heterocycles. The average Bonchev–Trinajstić information content (AvgIpc) is 2.02. The van der Waals surface area contributed by atoms with E-state index in [0.29, 0.717) is 25.9 Å². The van der Waals surface area contributed by atoms with Crippen LogP contribution in [-0.4, -0.2) is 31.1 Å². The predicted octanol–water partition coefficient (Wildman–Crippen LogP) is -1.05. The lowest BCUT2D eigenvalue weighted by Crippen LogP contribution is -2.48. The van der Waals surface area contributed by atoms with Gasteiger partial charge < -0.3 is 16.0 Å². The van der Waals surface area contributed by atoms with E-state index in [1.54, 1.807) is 6.92 Å². The monoisotopic (exact) mass is 185 g/mol. The van der Waals surface area contributed by atoms with E-state index in [9.17, 15) is 9.59 Å². The minimum absolute atomic E-state index is 0.0396. The molecule has 1 saturated heterocycles. The Morgan fingerprint density at radius 3 is 2.00 bits per heavy atom. The largest absolute Gasteiger partial charge is 0.336 e. The fourth-order valence-corrected chi connectivity index (χ4v) is 1.19. The zero-order chi connectivity index (χ0) is 9.68. The second-order valence-electron chi connectivity index (χ2n) is 3.11. The SMILES string of the molecule is CC1NC(=O)CCNCCC(=O)N1. The lowest BCUT2D eigenvalue weighted by molar-refractivity contribution is -0.124. The molecule has 0 atom stereocenters. The average molecular weight is 185 g/mol. The molecule has 1 rings (SSSR count). The van der Waals surface area contributed by atoms with Gasteiger partial charge in [0.25, 0.3) is 0 Å². The van der Waals surface area contributed by atoms with Gasteiger partial charge in [-0.15, -0.1) is 0 Å². The molecule has 3 N–H and O–H groups in total. The molecule has 5 nitrogen and oxygen atoms in total. The molecule has 0 bridgehead atoms. The molecule has 0 radical (unpaired) electrons. The lowest BCUT2D eigenvalue weighted by Gasteiger charge is -2.17. The normalized spacial score (nSPS) is 21.9. The molecule has 5 heteroatoms. The van der Waals surface area contributed by atoms with Crippen molar-refractivity contribution in [2.24, 2.45) is 0 Å². The molecule has 0 aliphatic carbocycles. The third-order valence-electron chi connectivity index (χ3n) is 1.81. The van der Waals surface area contributed by atoms with E-state index >= 15 is 0 Å². The van der Waals surface area contributed by atoms with Crippen molar-refractivity contribution >= 4 is 11.8 Å². The molecule has 13 heavy (non-hydrogen) atoms. The third-order valence-corrected chi connectivity index (χ3v) is 1.81. The Hall–Kier alpha value is -1.10. The van der Waals surface area contributed by atoms with Crippen LogP contribution in [0.4, 0.5) is 0 Å². The summed E-state index contributed by atoms with van der Waals surface area (Å²) in [5.74, 6) is -0.0793. The van der Waals surface area contributed by atoms with E-state index in [-0.39, 0.29) is 18.0 Å². The summed E-state index contributed by atoms with van der Waals surface area (Å²) in [6.07, 6.45) is 0.651. The van der Waals surface area contributed by atoms with Crippen LogP contribution in [-0.2, 0) is 9.59 Å². The van der Waals surface area contributed by atoms with Crippen LogP contribution in [0.3, 0.4) is 0 Å². The number of amides is 2. The summed E-state index contributed by atoms with van der Waals surface area (Å²) in [5, 5.41) is 8.35. The van der Waals surface area contributed by atoms with Crippen molar-refractivity contribution in [3.63, 3.8) is 0 Å².